The van der Waals surface area contributed by atoms with Crippen LogP contribution in [0.15, 0.2) is 18.7 Å². The van der Waals surface area contributed by atoms with Crippen LogP contribution in [0.3, 0.4) is 0 Å². The van der Waals surface area contributed by atoms with Crippen molar-refractivity contribution in [1.29, 1.82) is 0 Å². The molecule has 64 valence electrons. The standard InChI is InChI=1S/C8H15N2.FH/c1-3-4-5-10-7-6-9(2)8-10;/h6-8H,3-5H2,1-2H3;1H/q+1;/p-1. The van der Waals surface area contributed by atoms with Crippen molar-refractivity contribution >= 4 is 0 Å². The Kier molecular flexibility index (Phi) is 4.50. The minimum Gasteiger partial charge on any atom is -1.00 e. The van der Waals surface area contributed by atoms with E-state index in [0.29, 0.717) is 0 Å². The van der Waals surface area contributed by atoms with Gasteiger partial charge < -0.3 is 4.70 Å². The van der Waals surface area contributed by atoms with Gasteiger partial charge in [-0.2, -0.15) is 0 Å². The molecule has 1 rings (SSSR count). The van der Waals surface area contributed by atoms with Crippen LogP contribution < -0.4 is 9.27 Å². The van der Waals surface area contributed by atoms with Gasteiger partial charge in [0.2, 0.25) is 6.33 Å². The maximum Gasteiger partial charge on any atom is 0.243 e. The van der Waals surface area contributed by atoms with Gasteiger partial charge in [-0.1, -0.05) is 13.3 Å². The van der Waals surface area contributed by atoms with Gasteiger partial charge in [-0.3, -0.25) is 0 Å². The summed E-state index contributed by atoms with van der Waals surface area (Å²) in [4.78, 5) is 0. The Hall–Kier alpha value is -0.860. The first-order valence-corrected chi connectivity index (χ1v) is 3.84. The summed E-state index contributed by atoms with van der Waals surface area (Å²) in [7, 11) is 2.04. The van der Waals surface area contributed by atoms with E-state index in [1.807, 2.05) is 7.05 Å². The predicted molar refractivity (Wildman–Crippen MR) is 40.5 cm³/mol. The molecule has 0 aliphatic heterocycles. The Morgan fingerprint density at radius 2 is 2.18 bits per heavy atom. The number of hydrogen-bond acceptors (Lipinski definition) is 0. The largest absolute Gasteiger partial charge is 1.00 e. The van der Waals surface area contributed by atoms with Gasteiger partial charge in [-0.05, 0) is 6.42 Å². The third kappa shape index (κ3) is 3.16. The first-order valence-electron chi connectivity index (χ1n) is 3.84. The van der Waals surface area contributed by atoms with Gasteiger partial charge in [0.15, 0.2) is 0 Å². The summed E-state index contributed by atoms with van der Waals surface area (Å²) in [6.45, 7) is 3.36. The van der Waals surface area contributed by atoms with Crippen molar-refractivity contribution in [3.63, 3.8) is 0 Å². The van der Waals surface area contributed by atoms with E-state index in [-0.39, 0.29) is 4.70 Å². The molecule has 0 bridgehead atoms. The van der Waals surface area contributed by atoms with Gasteiger partial charge in [0.1, 0.15) is 12.4 Å². The van der Waals surface area contributed by atoms with Gasteiger partial charge in [-0.25, -0.2) is 9.13 Å². The third-order valence-electron chi connectivity index (χ3n) is 1.59. The third-order valence-corrected chi connectivity index (χ3v) is 1.59. The second kappa shape index (κ2) is 4.88. The maximum atomic E-state index is 2.21. The van der Waals surface area contributed by atoms with E-state index in [2.05, 4.69) is 34.8 Å². The molecule has 0 amide bonds. The maximum absolute atomic E-state index is 2.21. The van der Waals surface area contributed by atoms with Gasteiger partial charge in [0, 0.05) is 0 Å². The molecule has 0 aliphatic carbocycles. The van der Waals surface area contributed by atoms with Gasteiger partial charge in [0.25, 0.3) is 0 Å². The number of imidazole rings is 1. The monoisotopic (exact) mass is 158 g/mol. The molecule has 0 radical (unpaired) electrons. The van der Waals surface area contributed by atoms with Crippen LogP contribution >= 0.6 is 0 Å². The summed E-state index contributed by atoms with van der Waals surface area (Å²) in [5.74, 6) is 0. The van der Waals surface area contributed by atoms with E-state index in [4.69, 9.17) is 0 Å². The van der Waals surface area contributed by atoms with E-state index >= 15 is 0 Å². The van der Waals surface area contributed by atoms with Crippen molar-refractivity contribution in [3.05, 3.63) is 18.7 Å². The minimum atomic E-state index is 0. The number of aromatic nitrogens is 2. The summed E-state index contributed by atoms with van der Waals surface area (Å²) >= 11 is 0. The Labute approximate surface area is 66.8 Å². The Morgan fingerprint density at radius 3 is 2.64 bits per heavy atom. The number of hydrogen-bond donors (Lipinski definition) is 0. The Morgan fingerprint density at radius 1 is 1.45 bits per heavy atom. The lowest BCUT2D eigenvalue weighted by molar-refractivity contribution is -0.671. The van der Waals surface area contributed by atoms with E-state index in [9.17, 15) is 0 Å². The SMILES string of the molecule is CCCCn1cc[n+](C)c1.[F-]. The number of unbranched alkanes of at least 4 members (excludes halogenated alkanes) is 1. The molecule has 0 aromatic carbocycles. The summed E-state index contributed by atoms with van der Waals surface area (Å²) in [6.07, 6.45) is 8.82. The van der Waals surface area contributed by atoms with Crippen molar-refractivity contribution in [2.75, 3.05) is 0 Å². The topological polar surface area (TPSA) is 8.81 Å². The quantitative estimate of drug-likeness (QED) is 0.455. The molecule has 0 saturated heterocycles. The summed E-state index contributed by atoms with van der Waals surface area (Å²) in [5, 5.41) is 0. The van der Waals surface area contributed by atoms with E-state index < -0.39 is 0 Å². The molecule has 0 atom stereocenters. The van der Waals surface area contributed by atoms with Gasteiger partial charge in [0.05, 0.1) is 13.6 Å². The molecule has 2 nitrogen and oxygen atoms in total. The molecule has 1 aromatic heterocycles. The second-order valence-electron chi connectivity index (χ2n) is 2.67. The highest BCUT2D eigenvalue weighted by atomic mass is 19.0. The lowest BCUT2D eigenvalue weighted by Gasteiger charge is -1.90. The number of halogens is 1. The van der Waals surface area contributed by atoms with Crippen LogP contribution in [0, 0.1) is 0 Å². The highest BCUT2D eigenvalue weighted by molar-refractivity contribution is 4.65. The van der Waals surface area contributed by atoms with E-state index in [1.54, 1.807) is 0 Å². The first kappa shape index (κ1) is 10.1. The van der Waals surface area contributed by atoms with Crippen LogP contribution in [-0.4, -0.2) is 4.57 Å². The zero-order chi connectivity index (χ0) is 7.40. The molecule has 0 N–H and O–H groups in total. The molecule has 0 saturated carbocycles. The van der Waals surface area contributed by atoms with Crippen LogP contribution in [0.1, 0.15) is 19.8 Å². The average Bonchev–Trinajstić information content (AvgIpc) is 2.31. The molecular weight excluding hydrogens is 143 g/mol. The Bertz CT molecular complexity index is 196. The van der Waals surface area contributed by atoms with Crippen LogP contribution in [0.25, 0.3) is 0 Å². The highest BCUT2D eigenvalue weighted by Crippen LogP contribution is 1.91. The molecular formula is C8H15FN2. The van der Waals surface area contributed by atoms with Crippen LogP contribution in [0.4, 0.5) is 0 Å². The van der Waals surface area contributed by atoms with E-state index in [1.165, 1.54) is 12.8 Å². The summed E-state index contributed by atoms with van der Waals surface area (Å²) in [6, 6.07) is 0. The lowest BCUT2D eigenvalue weighted by Crippen LogP contribution is -3.00. The zero-order valence-corrected chi connectivity index (χ0v) is 7.13. The molecule has 1 aromatic rings. The van der Waals surface area contributed by atoms with Crippen molar-refractivity contribution in [1.82, 2.24) is 4.57 Å². The molecule has 11 heavy (non-hydrogen) atoms. The smallest absolute Gasteiger partial charge is 0.243 e. The number of rotatable bonds is 3. The van der Waals surface area contributed by atoms with Crippen LogP contribution in [0.2, 0.25) is 0 Å². The summed E-state index contributed by atoms with van der Waals surface area (Å²) in [5.41, 5.74) is 0. The Balaban J connectivity index is 0.000001000. The van der Waals surface area contributed by atoms with Crippen molar-refractivity contribution in [2.45, 2.75) is 26.3 Å². The van der Waals surface area contributed by atoms with Crippen LogP contribution in [0.5, 0.6) is 0 Å². The fourth-order valence-electron chi connectivity index (χ4n) is 0.975. The zero-order valence-electron chi connectivity index (χ0n) is 7.13. The lowest BCUT2D eigenvalue weighted by atomic mass is 10.3. The first-order chi connectivity index (χ1) is 4.83. The molecule has 0 fully saturated rings. The molecule has 0 spiro atoms. The number of nitrogens with zero attached hydrogens (tertiary/aromatic N) is 2. The number of aryl methyl sites for hydroxylation is 2. The summed E-state index contributed by atoms with van der Waals surface area (Å²) < 4.78 is 4.28. The van der Waals surface area contributed by atoms with Crippen LogP contribution in [-0.2, 0) is 13.6 Å². The second-order valence-corrected chi connectivity index (χ2v) is 2.67. The fraction of sp³-hybridized carbons (Fsp3) is 0.625. The van der Waals surface area contributed by atoms with Gasteiger partial charge in [-0.15, -0.1) is 0 Å². The average molecular weight is 158 g/mol. The predicted octanol–water partition coefficient (Wildman–Crippen LogP) is -1.88. The van der Waals surface area contributed by atoms with Crippen molar-refractivity contribution in [3.8, 4) is 0 Å². The van der Waals surface area contributed by atoms with Crippen molar-refractivity contribution in [2.24, 2.45) is 7.05 Å². The van der Waals surface area contributed by atoms with Gasteiger partial charge >= 0.3 is 0 Å². The van der Waals surface area contributed by atoms with E-state index in [0.717, 1.165) is 6.54 Å². The molecule has 0 aliphatic rings. The molecule has 1 heterocycles. The van der Waals surface area contributed by atoms with Crippen molar-refractivity contribution < 1.29 is 9.27 Å². The fourth-order valence-corrected chi connectivity index (χ4v) is 0.975. The minimum absolute atomic E-state index is 0. The normalized spacial score (nSPS) is 9.27. The molecule has 3 heteroatoms. The molecule has 0 unspecified atom stereocenters. The highest BCUT2D eigenvalue weighted by Gasteiger charge is 1.96.